The lowest BCUT2D eigenvalue weighted by molar-refractivity contribution is 0.518. The lowest BCUT2D eigenvalue weighted by Crippen LogP contribution is -2.27. The number of rotatable bonds is 2. The minimum absolute atomic E-state index is 0.328. The van der Waals surface area contributed by atoms with Crippen molar-refractivity contribution in [2.45, 2.75) is 38.1 Å². The smallest absolute Gasteiger partial charge is 0.0215 e. The molecule has 0 aromatic carbocycles. The molecule has 2 saturated carbocycles. The van der Waals surface area contributed by atoms with Crippen LogP contribution >= 0.6 is 0 Å². The predicted molar refractivity (Wildman–Crippen MR) is 38.0 cm³/mol. The van der Waals surface area contributed by atoms with Gasteiger partial charge in [-0.2, -0.15) is 0 Å². The summed E-state index contributed by atoms with van der Waals surface area (Å²) in [4.78, 5) is 0. The van der Waals surface area contributed by atoms with Gasteiger partial charge in [-0.15, -0.1) is 0 Å². The van der Waals surface area contributed by atoms with Crippen LogP contribution in [0.15, 0.2) is 0 Å². The standard InChI is InChI=1S/C8H15N/c1-2-6-5-8(6,9)7-3-4-7/h6-7H,2-5,9H2,1H3. The maximum Gasteiger partial charge on any atom is 0.0215 e. The Morgan fingerprint density at radius 1 is 1.56 bits per heavy atom. The molecule has 0 bridgehead atoms. The van der Waals surface area contributed by atoms with E-state index in [1.807, 2.05) is 0 Å². The molecule has 0 aliphatic heterocycles. The molecule has 2 N–H and O–H groups in total. The quantitative estimate of drug-likeness (QED) is 0.595. The highest BCUT2D eigenvalue weighted by Crippen LogP contribution is 2.57. The first kappa shape index (κ1) is 5.72. The van der Waals surface area contributed by atoms with E-state index in [0.717, 1.165) is 11.8 Å². The summed E-state index contributed by atoms with van der Waals surface area (Å²) in [5.74, 6) is 1.80. The molecular formula is C8H15N. The van der Waals surface area contributed by atoms with Gasteiger partial charge in [0.2, 0.25) is 0 Å². The number of hydrogen-bond donors (Lipinski definition) is 1. The van der Waals surface area contributed by atoms with Crippen LogP contribution < -0.4 is 5.73 Å². The van der Waals surface area contributed by atoms with Crippen LogP contribution in [-0.4, -0.2) is 5.54 Å². The third-order valence-corrected chi connectivity index (χ3v) is 3.03. The summed E-state index contributed by atoms with van der Waals surface area (Å²) in [5.41, 5.74) is 6.43. The molecular weight excluding hydrogens is 110 g/mol. The zero-order valence-corrected chi connectivity index (χ0v) is 6.06. The Labute approximate surface area is 56.6 Å². The maximum atomic E-state index is 6.11. The van der Waals surface area contributed by atoms with Gasteiger partial charge in [0.05, 0.1) is 0 Å². The summed E-state index contributed by atoms with van der Waals surface area (Å²) in [6.45, 7) is 2.25. The zero-order chi connectivity index (χ0) is 6.48. The lowest BCUT2D eigenvalue weighted by Gasteiger charge is -2.06. The minimum atomic E-state index is 0.328. The highest BCUT2D eigenvalue weighted by Gasteiger charge is 2.58. The van der Waals surface area contributed by atoms with Crippen molar-refractivity contribution in [1.29, 1.82) is 0 Å². The van der Waals surface area contributed by atoms with E-state index >= 15 is 0 Å². The van der Waals surface area contributed by atoms with E-state index in [-0.39, 0.29) is 0 Å². The van der Waals surface area contributed by atoms with Crippen molar-refractivity contribution in [1.82, 2.24) is 0 Å². The van der Waals surface area contributed by atoms with Crippen molar-refractivity contribution in [3.8, 4) is 0 Å². The Bertz CT molecular complexity index is 129. The fraction of sp³-hybridized carbons (Fsp3) is 1.00. The first-order valence-corrected chi connectivity index (χ1v) is 4.06. The topological polar surface area (TPSA) is 26.0 Å². The molecule has 52 valence electrons. The fourth-order valence-electron chi connectivity index (χ4n) is 2.01. The highest BCUT2D eigenvalue weighted by molar-refractivity contribution is 5.14. The molecule has 0 saturated heterocycles. The Morgan fingerprint density at radius 3 is 2.56 bits per heavy atom. The molecule has 1 nitrogen and oxygen atoms in total. The summed E-state index contributed by atoms with van der Waals surface area (Å²) in [7, 11) is 0. The Kier molecular flexibility index (Phi) is 0.963. The molecule has 2 atom stereocenters. The van der Waals surface area contributed by atoms with Crippen molar-refractivity contribution in [2.24, 2.45) is 17.6 Å². The molecule has 2 unspecified atom stereocenters. The Balaban J connectivity index is 1.95. The van der Waals surface area contributed by atoms with Gasteiger partial charge in [-0.3, -0.25) is 0 Å². The van der Waals surface area contributed by atoms with E-state index < -0.39 is 0 Å². The van der Waals surface area contributed by atoms with Gasteiger partial charge in [0, 0.05) is 5.54 Å². The van der Waals surface area contributed by atoms with Crippen molar-refractivity contribution in [2.75, 3.05) is 0 Å². The van der Waals surface area contributed by atoms with Gasteiger partial charge in [-0.25, -0.2) is 0 Å². The molecule has 2 aliphatic carbocycles. The number of nitrogens with two attached hydrogens (primary N) is 1. The van der Waals surface area contributed by atoms with E-state index in [4.69, 9.17) is 5.73 Å². The first-order chi connectivity index (χ1) is 4.27. The van der Waals surface area contributed by atoms with Crippen LogP contribution in [0, 0.1) is 11.8 Å². The van der Waals surface area contributed by atoms with Crippen LogP contribution in [-0.2, 0) is 0 Å². The van der Waals surface area contributed by atoms with Gasteiger partial charge in [0.25, 0.3) is 0 Å². The second-order valence-electron chi connectivity index (χ2n) is 3.70. The van der Waals surface area contributed by atoms with Crippen molar-refractivity contribution in [3.63, 3.8) is 0 Å². The maximum absolute atomic E-state index is 6.11. The van der Waals surface area contributed by atoms with Crippen molar-refractivity contribution >= 4 is 0 Å². The van der Waals surface area contributed by atoms with Crippen LogP contribution in [0.2, 0.25) is 0 Å². The molecule has 0 spiro atoms. The van der Waals surface area contributed by atoms with E-state index in [1.165, 1.54) is 25.7 Å². The van der Waals surface area contributed by atoms with E-state index in [0.29, 0.717) is 5.54 Å². The summed E-state index contributed by atoms with van der Waals surface area (Å²) in [6.07, 6.45) is 5.43. The van der Waals surface area contributed by atoms with E-state index in [1.54, 1.807) is 0 Å². The third-order valence-electron chi connectivity index (χ3n) is 3.03. The first-order valence-electron chi connectivity index (χ1n) is 4.06. The summed E-state index contributed by atoms with van der Waals surface area (Å²) in [5, 5.41) is 0. The average Bonchev–Trinajstić information content (AvgIpc) is 2.54. The lowest BCUT2D eigenvalue weighted by atomic mass is 10.1. The molecule has 0 amide bonds. The summed E-state index contributed by atoms with van der Waals surface area (Å²) >= 11 is 0. The van der Waals surface area contributed by atoms with Gasteiger partial charge >= 0.3 is 0 Å². The molecule has 2 rings (SSSR count). The summed E-state index contributed by atoms with van der Waals surface area (Å²) in [6, 6.07) is 0. The van der Waals surface area contributed by atoms with Crippen LogP contribution in [0.3, 0.4) is 0 Å². The molecule has 0 radical (unpaired) electrons. The highest BCUT2D eigenvalue weighted by atomic mass is 14.9. The monoisotopic (exact) mass is 125 g/mol. The predicted octanol–water partition coefficient (Wildman–Crippen LogP) is 1.52. The zero-order valence-electron chi connectivity index (χ0n) is 6.06. The van der Waals surface area contributed by atoms with Crippen LogP contribution in [0.1, 0.15) is 32.6 Å². The van der Waals surface area contributed by atoms with Crippen LogP contribution in [0.4, 0.5) is 0 Å². The average molecular weight is 125 g/mol. The molecule has 1 heteroatoms. The van der Waals surface area contributed by atoms with Crippen molar-refractivity contribution < 1.29 is 0 Å². The molecule has 2 aliphatic rings. The second kappa shape index (κ2) is 1.51. The number of hydrogen-bond acceptors (Lipinski definition) is 1. The molecule has 0 aromatic rings. The van der Waals surface area contributed by atoms with Gasteiger partial charge in [0.1, 0.15) is 0 Å². The van der Waals surface area contributed by atoms with Gasteiger partial charge in [0.15, 0.2) is 0 Å². The SMILES string of the molecule is CCC1CC1(N)C1CC1. The largest absolute Gasteiger partial charge is 0.325 e. The summed E-state index contributed by atoms with van der Waals surface area (Å²) < 4.78 is 0. The van der Waals surface area contributed by atoms with Crippen molar-refractivity contribution in [3.05, 3.63) is 0 Å². The van der Waals surface area contributed by atoms with Crippen LogP contribution in [0.25, 0.3) is 0 Å². The van der Waals surface area contributed by atoms with E-state index in [2.05, 4.69) is 6.92 Å². The molecule has 9 heavy (non-hydrogen) atoms. The van der Waals surface area contributed by atoms with E-state index in [9.17, 15) is 0 Å². The molecule has 0 heterocycles. The normalized spacial score (nSPS) is 49.3. The third kappa shape index (κ3) is 0.710. The van der Waals surface area contributed by atoms with Crippen LogP contribution in [0.5, 0.6) is 0 Å². The van der Waals surface area contributed by atoms with Gasteiger partial charge < -0.3 is 5.73 Å². The van der Waals surface area contributed by atoms with Gasteiger partial charge in [-0.1, -0.05) is 13.3 Å². The Hall–Kier alpha value is -0.0400. The molecule has 2 fully saturated rings. The molecule has 0 aromatic heterocycles. The Morgan fingerprint density at radius 2 is 2.22 bits per heavy atom. The second-order valence-corrected chi connectivity index (χ2v) is 3.70. The van der Waals surface area contributed by atoms with Gasteiger partial charge in [-0.05, 0) is 31.1 Å². The fourth-order valence-corrected chi connectivity index (χ4v) is 2.01. The minimum Gasteiger partial charge on any atom is -0.325 e.